The molecule has 0 spiro atoms. The Kier molecular flexibility index (Phi) is 3.11. The van der Waals surface area contributed by atoms with Crippen LogP contribution in [0, 0.1) is 0 Å². The van der Waals surface area contributed by atoms with Crippen molar-refractivity contribution in [3.05, 3.63) is 66.1 Å². The maximum atomic E-state index is 5.91. The van der Waals surface area contributed by atoms with Crippen LogP contribution in [0.3, 0.4) is 0 Å². The molecule has 0 bridgehead atoms. The van der Waals surface area contributed by atoms with Gasteiger partial charge < -0.3 is 5.73 Å². The second-order valence-electron chi connectivity index (χ2n) is 4.58. The summed E-state index contributed by atoms with van der Waals surface area (Å²) in [5, 5.41) is 2.23. The highest BCUT2D eigenvalue weighted by atomic mass is 14.8. The smallest absolute Gasteiger partial charge is 0.131 e. The summed E-state index contributed by atoms with van der Waals surface area (Å²) in [5.41, 5.74) is 8.38. The number of rotatable bonds is 3. The Labute approximate surface area is 112 Å². The molecule has 94 valence electrons. The van der Waals surface area contributed by atoms with Gasteiger partial charge in [0.25, 0.3) is 0 Å². The Bertz CT molecular complexity index is 693. The molecule has 0 atom stereocenters. The summed E-state index contributed by atoms with van der Waals surface area (Å²) in [7, 11) is 0. The molecule has 0 amide bonds. The molecule has 2 heterocycles. The van der Waals surface area contributed by atoms with Gasteiger partial charge in [-0.25, -0.2) is 4.98 Å². The first-order chi connectivity index (χ1) is 9.34. The van der Waals surface area contributed by atoms with Crippen LogP contribution in [0.25, 0.3) is 10.8 Å². The van der Waals surface area contributed by atoms with E-state index in [0.29, 0.717) is 5.82 Å². The number of pyridine rings is 2. The number of hydrogen-bond donors (Lipinski definition) is 1. The minimum atomic E-state index is 0.598. The summed E-state index contributed by atoms with van der Waals surface area (Å²) in [6.45, 7) is 0. The van der Waals surface area contributed by atoms with Crippen LogP contribution >= 0.6 is 0 Å². The molecule has 0 radical (unpaired) electrons. The third-order valence-corrected chi connectivity index (χ3v) is 3.31. The number of anilines is 1. The SMILES string of the molecule is Nc1ncc(CCc2cccnc2)c2ccccc12. The van der Waals surface area contributed by atoms with Crippen LogP contribution < -0.4 is 5.73 Å². The minimum absolute atomic E-state index is 0.598. The van der Waals surface area contributed by atoms with Gasteiger partial charge in [-0.05, 0) is 35.4 Å². The zero-order chi connectivity index (χ0) is 13.1. The van der Waals surface area contributed by atoms with Crippen molar-refractivity contribution in [2.75, 3.05) is 5.73 Å². The highest BCUT2D eigenvalue weighted by Gasteiger charge is 2.05. The number of aromatic nitrogens is 2. The molecule has 1 aromatic carbocycles. The van der Waals surface area contributed by atoms with Crippen LogP contribution in [0.5, 0.6) is 0 Å². The van der Waals surface area contributed by atoms with Gasteiger partial charge in [0, 0.05) is 24.0 Å². The molecule has 0 aliphatic heterocycles. The molecular weight excluding hydrogens is 234 g/mol. The molecule has 2 N–H and O–H groups in total. The van der Waals surface area contributed by atoms with Gasteiger partial charge in [-0.3, -0.25) is 4.98 Å². The van der Waals surface area contributed by atoms with Gasteiger partial charge in [-0.2, -0.15) is 0 Å². The zero-order valence-electron chi connectivity index (χ0n) is 10.6. The van der Waals surface area contributed by atoms with E-state index in [4.69, 9.17) is 5.73 Å². The summed E-state index contributed by atoms with van der Waals surface area (Å²) in [6.07, 6.45) is 7.49. The quantitative estimate of drug-likeness (QED) is 0.776. The lowest BCUT2D eigenvalue weighted by Crippen LogP contribution is -1.98. The van der Waals surface area contributed by atoms with E-state index in [1.54, 1.807) is 6.20 Å². The monoisotopic (exact) mass is 249 g/mol. The molecule has 0 unspecified atom stereocenters. The van der Waals surface area contributed by atoms with Crippen molar-refractivity contribution < 1.29 is 0 Å². The van der Waals surface area contributed by atoms with Gasteiger partial charge in [-0.15, -0.1) is 0 Å². The second-order valence-corrected chi connectivity index (χ2v) is 4.58. The molecule has 0 saturated carbocycles. The Morgan fingerprint density at radius 2 is 1.74 bits per heavy atom. The van der Waals surface area contributed by atoms with Crippen LogP contribution in [0.4, 0.5) is 5.82 Å². The molecule has 0 aliphatic carbocycles. The van der Waals surface area contributed by atoms with Crippen LogP contribution in [-0.2, 0) is 12.8 Å². The van der Waals surface area contributed by atoms with Crippen LogP contribution in [0.1, 0.15) is 11.1 Å². The Morgan fingerprint density at radius 1 is 0.895 bits per heavy atom. The van der Waals surface area contributed by atoms with Crippen molar-refractivity contribution in [1.82, 2.24) is 9.97 Å². The number of nitrogens with zero attached hydrogens (tertiary/aromatic N) is 2. The fourth-order valence-electron chi connectivity index (χ4n) is 2.30. The first kappa shape index (κ1) is 11.7. The van der Waals surface area contributed by atoms with E-state index >= 15 is 0 Å². The Balaban J connectivity index is 1.91. The fraction of sp³-hybridized carbons (Fsp3) is 0.125. The average Bonchev–Trinajstić information content (AvgIpc) is 2.48. The standard InChI is InChI=1S/C16H15N3/c17-16-15-6-2-1-5-14(15)13(11-19-16)8-7-12-4-3-9-18-10-12/h1-6,9-11H,7-8H2,(H2,17,19). The van der Waals surface area contributed by atoms with Crippen LogP contribution in [-0.4, -0.2) is 9.97 Å². The number of benzene rings is 1. The maximum Gasteiger partial charge on any atom is 0.131 e. The lowest BCUT2D eigenvalue weighted by Gasteiger charge is -2.08. The Hall–Kier alpha value is -2.42. The Morgan fingerprint density at radius 3 is 2.53 bits per heavy atom. The molecule has 0 saturated heterocycles. The van der Waals surface area contributed by atoms with Gasteiger partial charge in [0.2, 0.25) is 0 Å². The summed E-state index contributed by atoms with van der Waals surface area (Å²) in [6, 6.07) is 12.2. The predicted molar refractivity (Wildman–Crippen MR) is 77.8 cm³/mol. The highest BCUT2D eigenvalue weighted by Crippen LogP contribution is 2.23. The van der Waals surface area contributed by atoms with Crippen molar-refractivity contribution in [2.45, 2.75) is 12.8 Å². The number of nitrogen functional groups attached to an aromatic ring is 1. The van der Waals surface area contributed by atoms with E-state index in [0.717, 1.165) is 18.2 Å². The van der Waals surface area contributed by atoms with Crippen LogP contribution in [0.2, 0.25) is 0 Å². The van der Waals surface area contributed by atoms with E-state index < -0.39 is 0 Å². The largest absolute Gasteiger partial charge is 0.383 e. The van der Waals surface area contributed by atoms with Crippen molar-refractivity contribution in [1.29, 1.82) is 0 Å². The van der Waals surface area contributed by atoms with Crippen molar-refractivity contribution in [3.63, 3.8) is 0 Å². The third-order valence-electron chi connectivity index (χ3n) is 3.31. The predicted octanol–water partition coefficient (Wildman–Crippen LogP) is 3.00. The van der Waals surface area contributed by atoms with E-state index in [1.165, 1.54) is 16.5 Å². The molecule has 3 nitrogen and oxygen atoms in total. The number of aryl methyl sites for hydroxylation is 2. The molecule has 19 heavy (non-hydrogen) atoms. The number of fused-ring (bicyclic) bond motifs is 1. The molecular formula is C16H15N3. The van der Waals surface area contributed by atoms with Gasteiger partial charge in [-0.1, -0.05) is 30.3 Å². The molecule has 2 aromatic heterocycles. The number of hydrogen-bond acceptors (Lipinski definition) is 3. The highest BCUT2D eigenvalue weighted by molar-refractivity contribution is 5.93. The lowest BCUT2D eigenvalue weighted by molar-refractivity contribution is 0.951. The van der Waals surface area contributed by atoms with Gasteiger partial charge >= 0.3 is 0 Å². The van der Waals surface area contributed by atoms with Crippen molar-refractivity contribution in [2.24, 2.45) is 0 Å². The maximum absolute atomic E-state index is 5.91. The van der Waals surface area contributed by atoms with Gasteiger partial charge in [0.1, 0.15) is 5.82 Å². The zero-order valence-corrected chi connectivity index (χ0v) is 10.6. The van der Waals surface area contributed by atoms with Crippen molar-refractivity contribution >= 4 is 16.6 Å². The first-order valence-corrected chi connectivity index (χ1v) is 6.35. The van der Waals surface area contributed by atoms with E-state index in [1.807, 2.05) is 36.7 Å². The fourth-order valence-corrected chi connectivity index (χ4v) is 2.30. The van der Waals surface area contributed by atoms with E-state index in [2.05, 4.69) is 22.1 Å². The molecule has 3 rings (SSSR count). The summed E-state index contributed by atoms with van der Waals surface area (Å²) in [5.74, 6) is 0.598. The average molecular weight is 249 g/mol. The summed E-state index contributed by atoms with van der Waals surface area (Å²) < 4.78 is 0. The number of nitrogens with two attached hydrogens (primary N) is 1. The summed E-state index contributed by atoms with van der Waals surface area (Å²) >= 11 is 0. The molecule has 3 heteroatoms. The van der Waals surface area contributed by atoms with E-state index in [-0.39, 0.29) is 0 Å². The van der Waals surface area contributed by atoms with Crippen LogP contribution in [0.15, 0.2) is 55.0 Å². The first-order valence-electron chi connectivity index (χ1n) is 6.35. The topological polar surface area (TPSA) is 51.8 Å². The minimum Gasteiger partial charge on any atom is -0.383 e. The molecule has 0 fully saturated rings. The normalized spacial score (nSPS) is 10.7. The molecule has 3 aromatic rings. The second kappa shape index (κ2) is 5.06. The van der Waals surface area contributed by atoms with Gasteiger partial charge in [0.15, 0.2) is 0 Å². The van der Waals surface area contributed by atoms with Gasteiger partial charge in [0.05, 0.1) is 0 Å². The summed E-state index contributed by atoms with van der Waals surface area (Å²) in [4.78, 5) is 8.42. The third kappa shape index (κ3) is 2.40. The van der Waals surface area contributed by atoms with E-state index in [9.17, 15) is 0 Å². The lowest BCUT2D eigenvalue weighted by atomic mass is 10.0. The van der Waals surface area contributed by atoms with Crippen molar-refractivity contribution in [3.8, 4) is 0 Å². The molecule has 0 aliphatic rings.